The number of nitrogens with one attached hydrogen (secondary N) is 1. The number of sulfonamides is 1. The number of hydrogen-bond donors (Lipinski definition) is 1. The standard InChI is InChI=1S/C13H20ClN3O3S/c1-13(2,17-6-8-20-9-7-17)10-16-21(18,19)11-4-3-5-15-12(11)14/h3-5,16H,6-10H2,1-2H3. The molecule has 1 aromatic rings. The fourth-order valence-electron chi connectivity index (χ4n) is 2.20. The molecule has 0 bridgehead atoms. The van der Waals surface area contributed by atoms with Gasteiger partial charge in [0.25, 0.3) is 0 Å². The van der Waals surface area contributed by atoms with Crippen LogP contribution >= 0.6 is 11.6 Å². The van der Waals surface area contributed by atoms with E-state index in [0.717, 1.165) is 13.1 Å². The van der Waals surface area contributed by atoms with E-state index in [-0.39, 0.29) is 15.6 Å². The minimum Gasteiger partial charge on any atom is -0.379 e. The summed E-state index contributed by atoms with van der Waals surface area (Å²) in [6.07, 6.45) is 1.46. The SMILES string of the molecule is CC(C)(CNS(=O)(=O)c1cccnc1Cl)N1CCOCC1. The van der Waals surface area contributed by atoms with Gasteiger partial charge in [-0.1, -0.05) is 11.6 Å². The summed E-state index contributed by atoms with van der Waals surface area (Å²) in [7, 11) is -3.67. The van der Waals surface area contributed by atoms with Crippen molar-refractivity contribution < 1.29 is 13.2 Å². The van der Waals surface area contributed by atoms with Crippen LogP contribution in [0.25, 0.3) is 0 Å². The summed E-state index contributed by atoms with van der Waals surface area (Å²) in [5.74, 6) is 0. The van der Waals surface area contributed by atoms with Crippen LogP contribution in [0.5, 0.6) is 0 Å². The molecule has 0 saturated carbocycles. The molecule has 0 radical (unpaired) electrons. The number of nitrogens with zero attached hydrogens (tertiary/aromatic N) is 2. The van der Waals surface area contributed by atoms with Crippen LogP contribution in [0.3, 0.4) is 0 Å². The smallest absolute Gasteiger partial charge is 0.243 e. The molecular weight excluding hydrogens is 314 g/mol. The van der Waals surface area contributed by atoms with Gasteiger partial charge in [-0.05, 0) is 26.0 Å². The molecule has 0 aliphatic carbocycles. The summed E-state index contributed by atoms with van der Waals surface area (Å²) < 4.78 is 32.5. The molecule has 0 spiro atoms. The van der Waals surface area contributed by atoms with Gasteiger partial charge in [0.15, 0.2) is 0 Å². The molecule has 1 N–H and O–H groups in total. The minimum absolute atomic E-state index is 0.00411. The fourth-order valence-corrected chi connectivity index (χ4v) is 3.86. The third-order valence-corrected chi connectivity index (χ3v) is 5.42. The van der Waals surface area contributed by atoms with E-state index < -0.39 is 10.0 Å². The second-order valence-electron chi connectivity index (χ2n) is 5.53. The van der Waals surface area contributed by atoms with Gasteiger partial charge in [-0.3, -0.25) is 4.90 Å². The Morgan fingerprint density at radius 3 is 2.71 bits per heavy atom. The van der Waals surface area contributed by atoms with Crippen molar-refractivity contribution in [3.8, 4) is 0 Å². The third kappa shape index (κ3) is 4.14. The molecule has 1 aliphatic heterocycles. The monoisotopic (exact) mass is 333 g/mol. The lowest BCUT2D eigenvalue weighted by Crippen LogP contribution is -2.55. The Bertz CT molecular complexity index is 586. The molecule has 1 fully saturated rings. The maximum Gasteiger partial charge on any atom is 0.243 e. The van der Waals surface area contributed by atoms with Crippen LogP contribution in [0.1, 0.15) is 13.8 Å². The first kappa shape index (κ1) is 16.6. The highest BCUT2D eigenvalue weighted by molar-refractivity contribution is 7.89. The molecule has 2 heterocycles. The van der Waals surface area contributed by atoms with Crippen molar-refractivity contribution >= 4 is 21.6 Å². The van der Waals surface area contributed by atoms with E-state index in [1.165, 1.54) is 12.3 Å². The quantitative estimate of drug-likeness (QED) is 0.818. The summed E-state index contributed by atoms with van der Waals surface area (Å²) in [5.41, 5.74) is -0.300. The Morgan fingerprint density at radius 2 is 2.10 bits per heavy atom. The summed E-state index contributed by atoms with van der Waals surface area (Å²) in [6, 6.07) is 2.99. The zero-order chi connectivity index (χ0) is 15.5. The lowest BCUT2D eigenvalue weighted by atomic mass is 10.0. The minimum atomic E-state index is -3.67. The van der Waals surface area contributed by atoms with Crippen LogP contribution in [0.15, 0.2) is 23.2 Å². The van der Waals surface area contributed by atoms with Crippen molar-refractivity contribution in [1.29, 1.82) is 0 Å². The van der Waals surface area contributed by atoms with Gasteiger partial charge >= 0.3 is 0 Å². The van der Waals surface area contributed by atoms with Gasteiger partial charge in [-0.15, -0.1) is 0 Å². The lowest BCUT2D eigenvalue weighted by Gasteiger charge is -2.40. The first-order valence-corrected chi connectivity index (χ1v) is 8.62. The Labute approximate surface area is 130 Å². The Hall–Kier alpha value is -0.730. The van der Waals surface area contributed by atoms with Gasteiger partial charge in [-0.25, -0.2) is 18.1 Å². The van der Waals surface area contributed by atoms with E-state index in [1.807, 2.05) is 13.8 Å². The molecule has 2 rings (SSSR count). The van der Waals surface area contributed by atoms with Crippen molar-refractivity contribution in [3.05, 3.63) is 23.5 Å². The molecule has 1 aromatic heterocycles. The van der Waals surface area contributed by atoms with Gasteiger partial charge in [0.2, 0.25) is 10.0 Å². The molecule has 8 heteroatoms. The van der Waals surface area contributed by atoms with E-state index in [0.29, 0.717) is 19.8 Å². The lowest BCUT2D eigenvalue weighted by molar-refractivity contribution is -0.00803. The second-order valence-corrected chi connectivity index (χ2v) is 7.62. The zero-order valence-electron chi connectivity index (χ0n) is 12.2. The number of hydrogen-bond acceptors (Lipinski definition) is 5. The molecule has 1 saturated heterocycles. The van der Waals surface area contributed by atoms with Crippen LogP contribution in [0, 0.1) is 0 Å². The van der Waals surface area contributed by atoms with Crippen molar-refractivity contribution in [2.24, 2.45) is 0 Å². The molecule has 6 nitrogen and oxygen atoms in total. The van der Waals surface area contributed by atoms with Crippen molar-refractivity contribution in [1.82, 2.24) is 14.6 Å². The van der Waals surface area contributed by atoms with Crippen LogP contribution in [0.2, 0.25) is 5.15 Å². The third-order valence-electron chi connectivity index (χ3n) is 3.58. The van der Waals surface area contributed by atoms with E-state index in [1.54, 1.807) is 6.07 Å². The zero-order valence-corrected chi connectivity index (χ0v) is 13.7. The number of halogens is 1. The van der Waals surface area contributed by atoms with Crippen LogP contribution < -0.4 is 4.72 Å². The van der Waals surface area contributed by atoms with Gasteiger partial charge in [0.1, 0.15) is 10.0 Å². The first-order chi connectivity index (χ1) is 9.83. The fraction of sp³-hybridized carbons (Fsp3) is 0.615. The van der Waals surface area contributed by atoms with Crippen molar-refractivity contribution in [2.75, 3.05) is 32.8 Å². The van der Waals surface area contributed by atoms with E-state index in [2.05, 4.69) is 14.6 Å². The summed E-state index contributed by atoms with van der Waals surface area (Å²) >= 11 is 5.85. The molecule has 1 aliphatic rings. The number of morpholine rings is 1. The van der Waals surface area contributed by atoms with Crippen LogP contribution in [-0.4, -0.2) is 56.7 Å². The highest BCUT2D eigenvalue weighted by Crippen LogP contribution is 2.20. The Kier molecular flexibility index (Phi) is 5.21. The maximum atomic E-state index is 12.3. The molecule has 0 atom stereocenters. The average Bonchev–Trinajstić information content (AvgIpc) is 2.47. The Morgan fingerprint density at radius 1 is 1.43 bits per heavy atom. The Balaban J connectivity index is 2.06. The molecule has 118 valence electrons. The van der Waals surface area contributed by atoms with Crippen LogP contribution in [-0.2, 0) is 14.8 Å². The average molecular weight is 334 g/mol. The predicted molar refractivity (Wildman–Crippen MR) is 80.9 cm³/mol. The number of ether oxygens (including phenoxy) is 1. The van der Waals surface area contributed by atoms with E-state index >= 15 is 0 Å². The highest BCUT2D eigenvalue weighted by atomic mass is 35.5. The number of aromatic nitrogens is 1. The first-order valence-electron chi connectivity index (χ1n) is 6.76. The summed E-state index contributed by atoms with van der Waals surface area (Å²) in [4.78, 5) is 6.02. The molecular formula is C13H20ClN3O3S. The largest absolute Gasteiger partial charge is 0.379 e. The molecule has 0 unspecified atom stereocenters. The van der Waals surface area contributed by atoms with Gasteiger partial charge in [0.05, 0.1) is 13.2 Å². The van der Waals surface area contributed by atoms with Crippen LogP contribution in [0.4, 0.5) is 0 Å². The highest BCUT2D eigenvalue weighted by Gasteiger charge is 2.30. The topological polar surface area (TPSA) is 71.5 Å². The van der Waals surface area contributed by atoms with Crippen molar-refractivity contribution in [3.63, 3.8) is 0 Å². The van der Waals surface area contributed by atoms with Gasteiger partial charge in [-0.2, -0.15) is 0 Å². The van der Waals surface area contributed by atoms with Gasteiger partial charge in [0, 0.05) is 31.4 Å². The summed E-state index contributed by atoms with van der Waals surface area (Å²) in [5, 5.41) is -0.0193. The maximum absolute atomic E-state index is 12.3. The number of pyridine rings is 1. The molecule has 21 heavy (non-hydrogen) atoms. The number of rotatable bonds is 5. The molecule has 0 amide bonds. The second kappa shape index (κ2) is 6.58. The predicted octanol–water partition coefficient (Wildman–Crippen LogP) is 1.12. The van der Waals surface area contributed by atoms with Crippen molar-refractivity contribution in [2.45, 2.75) is 24.3 Å². The van der Waals surface area contributed by atoms with E-state index in [4.69, 9.17) is 16.3 Å². The summed E-state index contributed by atoms with van der Waals surface area (Å²) in [6.45, 7) is 7.23. The molecule has 0 aromatic carbocycles. The van der Waals surface area contributed by atoms with E-state index in [9.17, 15) is 8.42 Å². The van der Waals surface area contributed by atoms with Gasteiger partial charge < -0.3 is 4.74 Å². The normalized spacial score (nSPS) is 17.9.